The van der Waals surface area contributed by atoms with Crippen molar-refractivity contribution in [2.45, 2.75) is 19.3 Å². The minimum absolute atomic E-state index is 0.701. The minimum atomic E-state index is 0.701. The lowest BCUT2D eigenvalue weighted by Gasteiger charge is -2.28. The van der Waals surface area contributed by atoms with E-state index in [4.69, 9.17) is 4.98 Å². The van der Waals surface area contributed by atoms with Crippen LogP contribution in [0.2, 0.25) is 0 Å². The summed E-state index contributed by atoms with van der Waals surface area (Å²) in [6.45, 7) is 2.12. The van der Waals surface area contributed by atoms with Crippen molar-refractivity contribution < 1.29 is 0 Å². The van der Waals surface area contributed by atoms with Crippen molar-refractivity contribution in [2.75, 3.05) is 18.0 Å². The first-order valence-corrected chi connectivity index (χ1v) is 9.80. The standard InChI is InChI=1S/C20H19N9/c1-2-6-29(7-3-1)16-4-5-21-19-18(16)25-20(26-19)17-13-8-14(12-9-23-24-10-12)22-11-15(13)27-28-17/h4-5,8-11H,1-3,6-7H2,(H,23,24)(H,27,28)(H,21,25,26). The maximum atomic E-state index is 4.89. The topological polar surface area (TPSA) is 115 Å². The van der Waals surface area contributed by atoms with E-state index in [1.165, 1.54) is 19.3 Å². The molecule has 3 N–H and O–H groups in total. The minimum Gasteiger partial charge on any atom is -0.370 e. The Kier molecular flexibility index (Phi) is 3.58. The number of piperidine rings is 1. The summed E-state index contributed by atoms with van der Waals surface area (Å²) < 4.78 is 0. The second kappa shape index (κ2) is 6.40. The van der Waals surface area contributed by atoms with Crippen LogP contribution in [0.1, 0.15) is 19.3 Å². The number of hydrogen-bond acceptors (Lipinski definition) is 6. The summed E-state index contributed by atoms with van der Waals surface area (Å²) >= 11 is 0. The average Bonchev–Trinajstić information content (AvgIpc) is 3.52. The van der Waals surface area contributed by atoms with Gasteiger partial charge in [-0.15, -0.1) is 0 Å². The van der Waals surface area contributed by atoms with Crippen LogP contribution in [0.5, 0.6) is 0 Å². The van der Waals surface area contributed by atoms with E-state index < -0.39 is 0 Å². The zero-order valence-electron chi connectivity index (χ0n) is 15.7. The summed E-state index contributed by atoms with van der Waals surface area (Å²) in [6, 6.07) is 4.06. The van der Waals surface area contributed by atoms with Gasteiger partial charge in [0.1, 0.15) is 11.2 Å². The van der Waals surface area contributed by atoms with Crippen molar-refractivity contribution in [3.05, 3.63) is 36.9 Å². The summed E-state index contributed by atoms with van der Waals surface area (Å²) in [6.07, 6.45) is 10.9. The van der Waals surface area contributed by atoms with E-state index in [0.717, 1.165) is 57.8 Å². The molecule has 0 atom stereocenters. The van der Waals surface area contributed by atoms with Gasteiger partial charge in [-0.3, -0.25) is 15.2 Å². The number of imidazole rings is 1. The number of aromatic amines is 3. The van der Waals surface area contributed by atoms with Gasteiger partial charge in [0.15, 0.2) is 11.5 Å². The fourth-order valence-electron chi connectivity index (χ4n) is 4.05. The highest BCUT2D eigenvalue weighted by Crippen LogP contribution is 2.31. The van der Waals surface area contributed by atoms with E-state index >= 15 is 0 Å². The summed E-state index contributed by atoms with van der Waals surface area (Å²) in [4.78, 5) is 19.6. The summed E-state index contributed by atoms with van der Waals surface area (Å²) in [5, 5.41) is 15.3. The zero-order chi connectivity index (χ0) is 19.2. The SMILES string of the molecule is c1cc(N2CCCCC2)c2nc(-c3n[nH]c4cnc(-c5cn[nH]c5)cc34)[nH]c2n1. The Morgan fingerprint density at radius 1 is 1.03 bits per heavy atom. The Balaban J connectivity index is 1.48. The molecule has 0 aromatic carbocycles. The van der Waals surface area contributed by atoms with Crippen LogP contribution in [0.3, 0.4) is 0 Å². The highest BCUT2D eigenvalue weighted by Gasteiger charge is 2.19. The molecule has 6 rings (SSSR count). The van der Waals surface area contributed by atoms with Crippen LogP contribution < -0.4 is 4.90 Å². The van der Waals surface area contributed by atoms with Crippen LogP contribution in [0.15, 0.2) is 36.9 Å². The van der Waals surface area contributed by atoms with Crippen molar-refractivity contribution >= 4 is 27.8 Å². The second-order valence-corrected chi connectivity index (χ2v) is 7.33. The van der Waals surface area contributed by atoms with Gasteiger partial charge in [0.05, 0.1) is 29.3 Å². The number of anilines is 1. The lowest BCUT2D eigenvalue weighted by molar-refractivity contribution is 0.578. The maximum Gasteiger partial charge on any atom is 0.161 e. The van der Waals surface area contributed by atoms with Gasteiger partial charge < -0.3 is 9.88 Å². The van der Waals surface area contributed by atoms with Gasteiger partial charge in [-0.05, 0) is 31.4 Å². The number of pyridine rings is 2. The van der Waals surface area contributed by atoms with E-state index in [9.17, 15) is 0 Å². The fraction of sp³-hybridized carbons (Fsp3) is 0.250. The van der Waals surface area contributed by atoms with E-state index in [2.05, 4.69) is 46.3 Å². The molecule has 0 spiro atoms. The molecule has 1 saturated heterocycles. The summed E-state index contributed by atoms with van der Waals surface area (Å²) in [5.74, 6) is 0.701. The number of rotatable bonds is 3. The zero-order valence-corrected chi connectivity index (χ0v) is 15.7. The van der Waals surface area contributed by atoms with Crippen LogP contribution >= 0.6 is 0 Å². The quantitative estimate of drug-likeness (QED) is 0.439. The molecule has 1 aliphatic heterocycles. The number of nitrogens with one attached hydrogen (secondary N) is 3. The molecule has 144 valence electrons. The van der Waals surface area contributed by atoms with Crippen molar-refractivity contribution in [2.24, 2.45) is 0 Å². The van der Waals surface area contributed by atoms with Gasteiger partial charge in [0, 0.05) is 36.4 Å². The first kappa shape index (κ1) is 16.2. The monoisotopic (exact) mass is 385 g/mol. The predicted molar refractivity (Wildman–Crippen MR) is 110 cm³/mol. The number of fused-ring (bicyclic) bond motifs is 2. The lowest BCUT2D eigenvalue weighted by atomic mass is 10.1. The van der Waals surface area contributed by atoms with Gasteiger partial charge in [0.25, 0.3) is 0 Å². The molecule has 0 radical (unpaired) electrons. The van der Waals surface area contributed by atoms with Gasteiger partial charge >= 0.3 is 0 Å². The Morgan fingerprint density at radius 2 is 1.97 bits per heavy atom. The number of nitrogens with zero attached hydrogens (tertiary/aromatic N) is 6. The molecule has 0 aliphatic carbocycles. The van der Waals surface area contributed by atoms with Gasteiger partial charge in [-0.25, -0.2) is 9.97 Å². The summed E-state index contributed by atoms with van der Waals surface area (Å²) in [7, 11) is 0. The second-order valence-electron chi connectivity index (χ2n) is 7.33. The van der Waals surface area contributed by atoms with Crippen LogP contribution in [-0.4, -0.2) is 53.4 Å². The first-order valence-electron chi connectivity index (χ1n) is 9.80. The van der Waals surface area contributed by atoms with Gasteiger partial charge in [-0.2, -0.15) is 10.2 Å². The molecule has 6 heterocycles. The third-order valence-electron chi connectivity index (χ3n) is 5.53. The molecule has 5 aromatic heterocycles. The molecule has 1 aliphatic rings. The number of hydrogen-bond donors (Lipinski definition) is 3. The average molecular weight is 385 g/mol. The van der Waals surface area contributed by atoms with E-state index in [1.807, 2.05) is 18.5 Å². The van der Waals surface area contributed by atoms with E-state index in [0.29, 0.717) is 5.82 Å². The van der Waals surface area contributed by atoms with Crippen molar-refractivity contribution in [1.82, 2.24) is 40.3 Å². The predicted octanol–water partition coefficient (Wildman–Crippen LogP) is 3.28. The highest BCUT2D eigenvalue weighted by molar-refractivity contribution is 5.95. The van der Waals surface area contributed by atoms with Crippen molar-refractivity contribution in [1.29, 1.82) is 0 Å². The molecule has 0 unspecified atom stereocenters. The van der Waals surface area contributed by atoms with Crippen LogP contribution in [-0.2, 0) is 0 Å². The third-order valence-corrected chi connectivity index (χ3v) is 5.53. The lowest BCUT2D eigenvalue weighted by Crippen LogP contribution is -2.29. The smallest absolute Gasteiger partial charge is 0.161 e. The molecule has 9 nitrogen and oxygen atoms in total. The first-order chi connectivity index (χ1) is 14.4. The molecule has 0 amide bonds. The fourth-order valence-corrected chi connectivity index (χ4v) is 4.05. The van der Waals surface area contributed by atoms with Crippen molar-refractivity contribution in [3.63, 3.8) is 0 Å². The van der Waals surface area contributed by atoms with Crippen LogP contribution in [0.4, 0.5) is 5.69 Å². The van der Waals surface area contributed by atoms with E-state index in [1.54, 1.807) is 12.4 Å². The molecular weight excluding hydrogens is 366 g/mol. The van der Waals surface area contributed by atoms with Crippen LogP contribution in [0, 0.1) is 0 Å². The summed E-state index contributed by atoms with van der Waals surface area (Å²) in [5.41, 5.74) is 6.19. The highest BCUT2D eigenvalue weighted by atomic mass is 15.2. The van der Waals surface area contributed by atoms with Crippen molar-refractivity contribution in [3.8, 4) is 22.8 Å². The normalized spacial score (nSPS) is 14.8. The van der Waals surface area contributed by atoms with Gasteiger partial charge in [-0.1, -0.05) is 0 Å². The maximum absolute atomic E-state index is 4.89. The third kappa shape index (κ3) is 2.65. The molecular formula is C20H19N9. The molecule has 1 fully saturated rings. The molecule has 0 bridgehead atoms. The van der Waals surface area contributed by atoms with Crippen LogP contribution in [0.25, 0.3) is 44.8 Å². The Bertz CT molecular complexity index is 1290. The van der Waals surface area contributed by atoms with Gasteiger partial charge in [0.2, 0.25) is 0 Å². The Hall–Kier alpha value is -3.75. The largest absolute Gasteiger partial charge is 0.370 e. The molecule has 29 heavy (non-hydrogen) atoms. The number of H-pyrrole nitrogens is 3. The molecule has 9 heteroatoms. The number of aromatic nitrogens is 8. The Morgan fingerprint density at radius 3 is 2.83 bits per heavy atom. The Labute approximate surface area is 165 Å². The van der Waals surface area contributed by atoms with E-state index in [-0.39, 0.29) is 0 Å². The molecule has 0 saturated carbocycles. The molecule has 5 aromatic rings.